The maximum absolute atomic E-state index is 9.85. The third kappa shape index (κ3) is 2.93. The summed E-state index contributed by atoms with van der Waals surface area (Å²) in [6.45, 7) is 5.46. The molecule has 0 unspecified atom stereocenters. The molecule has 0 amide bonds. The van der Waals surface area contributed by atoms with Crippen molar-refractivity contribution in [3.8, 4) is 5.75 Å². The van der Waals surface area contributed by atoms with Crippen LogP contribution in [0.25, 0.3) is 0 Å². The van der Waals surface area contributed by atoms with Gasteiger partial charge in [0.15, 0.2) is 0 Å². The number of nitrogens with two attached hydrogens (primary N) is 1. The van der Waals surface area contributed by atoms with E-state index >= 15 is 0 Å². The Morgan fingerprint density at radius 3 is 2.62 bits per heavy atom. The van der Waals surface area contributed by atoms with Crippen molar-refractivity contribution in [3.05, 3.63) is 29.3 Å². The van der Waals surface area contributed by atoms with E-state index in [1.165, 1.54) is 11.1 Å². The van der Waals surface area contributed by atoms with Gasteiger partial charge in [-0.2, -0.15) is 0 Å². The summed E-state index contributed by atoms with van der Waals surface area (Å²) in [6, 6.07) is 5.56. The second-order valence-corrected chi connectivity index (χ2v) is 5.84. The van der Waals surface area contributed by atoms with Gasteiger partial charge in [-0.1, -0.05) is 19.9 Å². The van der Waals surface area contributed by atoms with Gasteiger partial charge >= 0.3 is 0 Å². The molecule has 0 saturated heterocycles. The van der Waals surface area contributed by atoms with Crippen molar-refractivity contribution < 1.29 is 14.6 Å². The molecule has 1 aromatic rings. The highest BCUT2D eigenvalue weighted by Gasteiger charge is 2.45. The Hall–Kier alpha value is -1.10. The number of benzene rings is 1. The lowest BCUT2D eigenvalue weighted by Gasteiger charge is -2.47. The van der Waals surface area contributed by atoms with E-state index in [9.17, 15) is 5.11 Å². The van der Waals surface area contributed by atoms with Gasteiger partial charge in [-0.05, 0) is 36.1 Å². The van der Waals surface area contributed by atoms with E-state index in [1.807, 2.05) is 12.1 Å². The summed E-state index contributed by atoms with van der Waals surface area (Å²) < 4.78 is 11.0. The highest BCUT2D eigenvalue weighted by molar-refractivity contribution is 5.44. The van der Waals surface area contributed by atoms with Crippen LogP contribution in [-0.2, 0) is 21.3 Å². The molecule has 118 valence electrons. The highest BCUT2D eigenvalue weighted by Crippen LogP contribution is 2.43. The molecule has 0 heterocycles. The van der Waals surface area contributed by atoms with E-state index in [0.29, 0.717) is 19.0 Å². The number of fused-ring (bicyclic) bond motifs is 1. The zero-order valence-corrected chi connectivity index (χ0v) is 13.3. The fourth-order valence-electron chi connectivity index (χ4n) is 3.63. The van der Waals surface area contributed by atoms with Crippen LogP contribution in [0.5, 0.6) is 5.75 Å². The summed E-state index contributed by atoms with van der Waals surface area (Å²) in [7, 11) is 1.67. The topological polar surface area (TPSA) is 64.7 Å². The molecular formula is C17H27NO3. The summed E-state index contributed by atoms with van der Waals surface area (Å²) in [5, 5.41) is 9.85. The second kappa shape index (κ2) is 6.77. The number of rotatable bonds is 6. The molecule has 0 radical (unpaired) electrons. The Labute approximate surface area is 127 Å². The number of hydrogen-bond donors (Lipinski definition) is 2. The van der Waals surface area contributed by atoms with Crippen LogP contribution in [-0.4, -0.2) is 37.6 Å². The van der Waals surface area contributed by atoms with E-state index in [4.69, 9.17) is 15.2 Å². The molecule has 1 aliphatic rings. The monoisotopic (exact) mass is 293 g/mol. The van der Waals surface area contributed by atoms with E-state index in [-0.39, 0.29) is 17.6 Å². The SMILES string of the molecule is CCC1(CC)c2cc(O)ccc2C[C@@H](OCCOC)[C@@H]1N. The first-order valence-corrected chi connectivity index (χ1v) is 7.77. The number of phenolic OH excluding ortho intramolecular Hbond substituents is 1. The summed E-state index contributed by atoms with van der Waals surface area (Å²) in [5.41, 5.74) is 8.87. The Morgan fingerprint density at radius 2 is 2.00 bits per heavy atom. The van der Waals surface area contributed by atoms with E-state index in [0.717, 1.165) is 19.3 Å². The predicted molar refractivity (Wildman–Crippen MR) is 83.7 cm³/mol. The van der Waals surface area contributed by atoms with Gasteiger partial charge in [-0.25, -0.2) is 0 Å². The molecule has 0 bridgehead atoms. The highest BCUT2D eigenvalue weighted by atomic mass is 16.5. The predicted octanol–water partition coefficient (Wildman–Crippen LogP) is 2.36. The molecule has 4 nitrogen and oxygen atoms in total. The zero-order chi connectivity index (χ0) is 15.5. The molecule has 4 heteroatoms. The normalized spacial score (nSPS) is 23.8. The van der Waals surface area contributed by atoms with Crippen LogP contribution in [0, 0.1) is 0 Å². The lowest BCUT2D eigenvalue weighted by Crippen LogP contribution is -2.57. The molecule has 2 atom stereocenters. The molecule has 21 heavy (non-hydrogen) atoms. The Morgan fingerprint density at radius 1 is 1.29 bits per heavy atom. The number of methoxy groups -OCH3 is 1. The van der Waals surface area contributed by atoms with Gasteiger partial charge in [0.2, 0.25) is 0 Å². The van der Waals surface area contributed by atoms with E-state index in [1.54, 1.807) is 13.2 Å². The lowest BCUT2D eigenvalue weighted by atomic mass is 9.63. The molecule has 0 aromatic heterocycles. The van der Waals surface area contributed by atoms with Crippen molar-refractivity contribution in [2.75, 3.05) is 20.3 Å². The third-order valence-electron chi connectivity index (χ3n) is 4.97. The van der Waals surface area contributed by atoms with Crippen LogP contribution in [0.15, 0.2) is 18.2 Å². The van der Waals surface area contributed by atoms with Crippen LogP contribution in [0.4, 0.5) is 0 Å². The first-order valence-electron chi connectivity index (χ1n) is 7.77. The van der Waals surface area contributed by atoms with Gasteiger partial charge in [-0.15, -0.1) is 0 Å². The minimum atomic E-state index is -0.135. The number of hydrogen-bond acceptors (Lipinski definition) is 4. The van der Waals surface area contributed by atoms with Crippen LogP contribution in [0.2, 0.25) is 0 Å². The Bertz CT molecular complexity index is 471. The minimum absolute atomic E-state index is 0.00269. The van der Waals surface area contributed by atoms with Crippen molar-refractivity contribution in [3.63, 3.8) is 0 Å². The van der Waals surface area contributed by atoms with Crippen molar-refractivity contribution in [1.29, 1.82) is 0 Å². The van der Waals surface area contributed by atoms with Gasteiger partial charge in [-0.3, -0.25) is 0 Å². The third-order valence-corrected chi connectivity index (χ3v) is 4.97. The molecule has 0 aliphatic heterocycles. The number of phenols is 1. The van der Waals surface area contributed by atoms with Crippen LogP contribution < -0.4 is 5.73 Å². The smallest absolute Gasteiger partial charge is 0.115 e. The average molecular weight is 293 g/mol. The Kier molecular flexibility index (Phi) is 5.25. The lowest BCUT2D eigenvalue weighted by molar-refractivity contribution is -0.0173. The van der Waals surface area contributed by atoms with Gasteiger partial charge in [0.25, 0.3) is 0 Å². The van der Waals surface area contributed by atoms with Crippen molar-refractivity contribution in [2.24, 2.45) is 5.73 Å². The fraction of sp³-hybridized carbons (Fsp3) is 0.647. The van der Waals surface area contributed by atoms with Crippen molar-refractivity contribution in [1.82, 2.24) is 0 Å². The van der Waals surface area contributed by atoms with Crippen LogP contribution in [0.3, 0.4) is 0 Å². The standard InChI is InChI=1S/C17H27NO3/c1-4-17(5-2)14-11-13(19)7-6-12(14)10-15(16(17)18)21-9-8-20-3/h6-7,11,15-16,19H,4-5,8-10,18H2,1-3H3/t15-,16+/m1/s1. The van der Waals surface area contributed by atoms with Crippen molar-refractivity contribution in [2.45, 2.75) is 50.7 Å². The molecule has 1 aromatic carbocycles. The van der Waals surface area contributed by atoms with Crippen molar-refractivity contribution >= 4 is 0 Å². The number of ether oxygens (including phenoxy) is 2. The van der Waals surface area contributed by atoms with Gasteiger partial charge in [0, 0.05) is 25.0 Å². The summed E-state index contributed by atoms with van der Waals surface area (Å²) in [4.78, 5) is 0. The summed E-state index contributed by atoms with van der Waals surface area (Å²) in [5.74, 6) is 0.311. The molecule has 3 N–H and O–H groups in total. The molecular weight excluding hydrogens is 266 g/mol. The molecule has 0 fully saturated rings. The first kappa shape index (κ1) is 16.3. The van der Waals surface area contributed by atoms with Gasteiger partial charge < -0.3 is 20.3 Å². The summed E-state index contributed by atoms with van der Waals surface area (Å²) >= 11 is 0. The van der Waals surface area contributed by atoms with Gasteiger partial charge in [0.05, 0.1) is 19.3 Å². The van der Waals surface area contributed by atoms with Crippen LogP contribution >= 0.6 is 0 Å². The van der Waals surface area contributed by atoms with E-state index in [2.05, 4.69) is 13.8 Å². The van der Waals surface area contributed by atoms with E-state index < -0.39 is 0 Å². The molecule has 0 saturated carbocycles. The van der Waals surface area contributed by atoms with Crippen LogP contribution in [0.1, 0.15) is 37.8 Å². The zero-order valence-electron chi connectivity index (χ0n) is 13.3. The molecule has 0 spiro atoms. The minimum Gasteiger partial charge on any atom is -0.508 e. The molecule has 1 aliphatic carbocycles. The fourth-order valence-corrected chi connectivity index (χ4v) is 3.63. The quantitative estimate of drug-likeness (QED) is 0.790. The Balaban J connectivity index is 2.36. The average Bonchev–Trinajstić information content (AvgIpc) is 2.49. The molecule has 2 rings (SSSR count). The maximum atomic E-state index is 9.85. The summed E-state index contributed by atoms with van der Waals surface area (Å²) in [6.07, 6.45) is 2.66. The van der Waals surface area contributed by atoms with Gasteiger partial charge in [0.1, 0.15) is 5.75 Å². The number of aromatic hydroxyl groups is 1. The first-order chi connectivity index (χ1) is 10.1. The maximum Gasteiger partial charge on any atom is 0.115 e. The largest absolute Gasteiger partial charge is 0.508 e. The second-order valence-electron chi connectivity index (χ2n) is 5.84.